The van der Waals surface area contributed by atoms with Crippen LogP contribution in [0.5, 0.6) is 0 Å². The lowest BCUT2D eigenvalue weighted by Crippen LogP contribution is -2.47. The van der Waals surface area contributed by atoms with Crippen molar-refractivity contribution in [3.05, 3.63) is 12.2 Å². The van der Waals surface area contributed by atoms with Gasteiger partial charge in [0.25, 0.3) is 0 Å². The normalized spacial score (nSPS) is 23.1. The molecule has 102 valence electrons. The van der Waals surface area contributed by atoms with Crippen molar-refractivity contribution in [2.24, 2.45) is 5.92 Å². The lowest BCUT2D eigenvalue weighted by Gasteiger charge is -2.34. The maximum atomic E-state index is 11.5. The molecular formula is C15H26N2O. The number of piperazine rings is 1. The topological polar surface area (TPSA) is 23.6 Å². The molecule has 0 aromatic heterocycles. The van der Waals surface area contributed by atoms with Crippen LogP contribution in [0.1, 0.15) is 33.1 Å². The number of carbonyl (C=O) groups excluding carboxylic acids is 1. The van der Waals surface area contributed by atoms with Gasteiger partial charge in [-0.05, 0) is 24.8 Å². The molecule has 0 unspecified atom stereocenters. The van der Waals surface area contributed by atoms with Gasteiger partial charge in [-0.25, -0.2) is 0 Å². The number of nitrogens with zero attached hydrogens (tertiary/aromatic N) is 2. The second-order valence-corrected chi connectivity index (χ2v) is 6.03. The van der Waals surface area contributed by atoms with E-state index in [1.165, 1.54) is 25.9 Å². The third-order valence-corrected chi connectivity index (χ3v) is 3.75. The number of hydrogen-bond acceptors (Lipinski definition) is 3. The highest BCUT2D eigenvalue weighted by molar-refractivity contribution is 5.89. The Morgan fingerprint density at radius 1 is 1.22 bits per heavy atom. The highest BCUT2D eigenvalue weighted by Gasteiger charge is 2.30. The monoisotopic (exact) mass is 250 g/mol. The van der Waals surface area contributed by atoms with Gasteiger partial charge in [-0.2, -0.15) is 0 Å². The van der Waals surface area contributed by atoms with Crippen molar-refractivity contribution in [2.45, 2.75) is 39.2 Å². The van der Waals surface area contributed by atoms with E-state index in [4.69, 9.17) is 0 Å². The van der Waals surface area contributed by atoms with Gasteiger partial charge in [0, 0.05) is 45.2 Å². The fraction of sp³-hybridized carbons (Fsp3) is 0.800. The van der Waals surface area contributed by atoms with Crippen LogP contribution in [0.2, 0.25) is 0 Å². The first-order valence-corrected chi connectivity index (χ1v) is 7.31. The first-order chi connectivity index (χ1) is 8.65. The van der Waals surface area contributed by atoms with Gasteiger partial charge in [-0.15, -0.1) is 0 Å². The minimum atomic E-state index is 0.265. The molecule has 1 heterocycles. The zero-order valence-electron chi connectivity index (χ0n) is 11.8. The molecular weight excluding hydrogens is 224 g/mol. The standard InChI is InChI=1S/C15H26N2O/c1-13(2)12-15(18)4-3-7-16-8-10-17(11-9-16)14-5-6-14/h3-4,13-14H,5-12H2,1-2H3/b4-3+. The smallest absolute Gasteiger partial charge is 0.155 e. The molecule has 1 saturated carbocycles. The molecule has 0 spiro atoms. The Morgan fingerprint density at radius 3 is 2.44 bits per heavy atom. The highest BCUT2D eigenvalue weighted by atomic mass is 16.1. The van der Waals surface area contributed by atoms with Crippen LogP contribution in [0.15, 0.2) is 12.2 Å². The van der Waals surface area contributed by atoms with Crippen molar-refractivity contribution in [1.82, 2.24) is 9.80 Å². The molecule has 3 heteroatoms. The van der Waals surface area contributed by atoms with Crippen LogP contribution in [-0.2, 0) is 4.79 Å². The summed E-state index contributed by atoms with van der Waals surface area (Å²) in [5.74, 6) is 0.728. The molecule has 0 atom stereocenters. The Hall–Kier alpha value is -0.670. The zero-order chi connectivity index (χ0) is 13.0. The number of carbonyl (C=O) groups is 1. The molecule has 18 heavy (non-hydrogen) atoms. The molecule has 0 radical (unpaired) electrons. The molecule has 0 aromatic carbocycles. The number of allylic oxidation sites excluding steroid dienone is 1. The maximum Gasteiger partial charge on any atom is 0.155 e. The van der Waals surface area contributed by atoms with Gasteiger partial charge >= 0.3 is 0 Å². The van der Waals surface area contributed by atoms with Crippen molar-refractivity contribution < 1.29 is 4.79 Å². The Kier molecular flexibility index (Phi) is 4.95. The van der Waals surface area contributed by atoms with Gasteiger partial charge < -0.3 is 0 Å². The summed E-state index contributed by atoms with van der Waals surface area (Å²) < 4.78 is 0. The first-order valence-electron chi connectivity index (χ1n) is 7.31. The van der Waals surface area contributed by atoms with E-state index in [0.29, 0.717) is 12.3 Å². The van der Waals surface area contributed by atoms with Gasteiger partial charge in [0.05, 0.1) is 0 Å². The molecule has 1 aliphatic heterocycles. The Bertz CT molecular complexity index is 300. The van der Waals surface area contributed by atoms with E-state index in [-0.39, 0.29) is 5.78 Å². The lowest BCUT2D eigenvalue weighted by atomic mass is 10.1. The Morgan fingerprint density at radius 2 is 1.89 bits per heavy atom. The molecule has 1 saturated heterocycles. The largest absolute Gasteiger partial charge is 0.298 e. The van der Waals surface area contributed by atoms with E-state index in [2.05, 4.69) is 23.6 Å². The van der Waals surface area contributed by atoms with Crippen molar-refractivity contribution in [1.29, 1.82) is 0 Å². The fourth-order valence-electron chi connectivity index (χ4n) is 2.55. The average molecular weight is 250 g/mol. The van der Waals surface area contributed by atoms with Gasteiger partial charge in [0.15, 0.2) is 5.78 Å². The summed E-state index contributed by atoms with van der Waals surface area (Å²) in [7, 11) is 0. The SMILES string of the molecule is CC(C)CC(=O)/C=C/CN1CCN(C2CC2)CC1. The van der Waals surface area contributed by atoms with Crippen LogP contribution in [0.3, 0.4) is 0 Å². The highest BCUT2D eigenvalue weighted by Crippen LogP contribution is 2.27. The van der Waals surface area contributed by atoms with E-state index in [1.54, 1.807) is 6.08 Å². The summed E-state index contributed by atoms with van der Waals surface area (Å²) in [6.07, 6.45) is 7.30. The van der Waals surface area contributed by atoms with Crippen LogP contribution in [0.25, 0.3) is 0 Å². The molecule has 1 aliphatic carbocycles. The predicted octanol–water partition coefficient (Wildman–Crippen LogP) is 1.94. The van der Waals surface area contributed by atoms with E-state index in [1.807, 2.05) is 6.08 Å². The summed E-state index contributed by atoms with van der Waals surface area (Å²) in [6.45, 7) is 9.82. The van der Waals surface area contributed by atoms with E-state index >= 15 is 0 Å². The molecule has 0 N–H and O–H groups in total. The number of ketones is 1. The third kappa shape index (κ3) is 4.54. The van der Waals surface area contributed by atoms with Crippen molar-refractivity contribution in [3.8, 4) is 0 Å². The second-order valence-electron chi connectivity index (χ2n) is 6.03. The van der Waals surface area contributed by atoms with Crippen LogP contribution in [0, 0.1) is 5.92 Å². The molecule has 2 rings (SSSR count). The number of hydrogen-bond donors (Lipinski definition) is 0. The van der Waals surface area contributed by atoms with Crippen molar-refractivity contribution in [2.75, 3.05) is 32.7 Å². The van der Waals surface area contributed by atoms with Crippen LogP contribution in [-0.4, -0.2) is 54.3 Å². The summed E-state index contributed by atoms with van der Waals surface area (Å²) in [5.41, 5.74) is 0. The Labute approximate surface area is 111 Å². The lowest BCUT2D eigenvalue weighted by molar-refractivity contribution is -0.115. The average Bonchev–Trinajstić information content (AvgIpc) is 3.13. The quantitative estimate of drug-likeness (QED) is 0.673. The molecule has 0 bridgehead atoms. The first kappa shape index (κ1) is 13.8. The van der Waals surface area contributed by atoms with Crippen LogP contribution >= 0.6 is 0 Å². The van der Waals surface area contributed by atoms with Gasteiger partial charge in [0.1, 0.15) is 0 Å². The molecule has 3 nitrogen and oxygen atoms in total. The number of rotatable bonds is 6. The third-order valence-electron chi connectivity index (χ3n) is 3.75. The Balaban J connectivity index is 1.62. The molecule has 2 aliphatic rings. The summed E-state index contributed by atoms with van der Waals surface area (Å²) in [5, 5.41) is 0. The van der Waals surface area contributed by atoms with Gasteiger partial charge in [-0.1, -0.05) is 19.9 Å². The second kappa shape index (κ2) is 6.48. The van der Waals surface area contributed by atoms with E-state index in [0.717, 1.165) is 25.7 Å². The van der Waals surface area contributed by atoms with Crippen LogP contribution < -0.4 is 0 Å². The summed E-state index contributed by atoms with van der Waals surface area (Å²) in [6, 6.07) is 0.898. The van der Waals surface area contributed by atoms with Crippen LogP contribution in [0.4, 0.5) is 0 Å². The zero-order valence-corrected chi connectivity index (χ0v) is 11.8. The minimum Gasteiger partial charge on any atom is -0.298 e. The molecule has 0 aromatic rings. The molecule has 0 amide bonds. The fourth-order valence-corrected chi connectivity index (χ4v) is 2.55. The van der Waals surface area contributed by atoms with Crippen molar-refractivity contribution >= 4 is 5.78 Å². The van der Waals surface area contributed by atoms with E-state index in [9.17, 15) is 4.79 Å². The maximum absolute atomic E-state index is 11.5. The predicted molar refractivity (Wildman–Crippen MR) is 74.6 cm³/mol. The molecule has 2 fully saturated rings. The minimum absolute atomic E-state index is 0.265. The van der Waals surface area contributed by atoms with Gasteiger partial charge in [-0.3, -0.25) is 14.6 Å². The van der Waals surface area contributed by atoms with E-state index < -0.39 is 0 Å². The summed E-state index contributed by atoms with van der Waals surface area (Å²) >= 11 is 0. The van der Waals surface area contributed by atoms with Gasteiger partial charge in [0.2, 0.25) is 0 Å². The van der Waals surface area contributed by atoms with Crippen molar-refractivity contribution in [3.63, 3.8) is 0 Å². The summed E-state index contributed by atoms with van der Waals surface area (Å²) in [4.78, 5) is 16.6.